The Morgan fingerprint density at radius 2 is 2.09 bits per heavy atom. The summed E-state index contributed by atoms with van der Waals surface area (Å²) in [4.78, 5) is 12.4. The zero-order chi connectivity index (χ0) is 8.85. The molecule has 11 heavy (non-hydrogen) atoms. The molecule has 0 heterocycles. The van der Waals surface area contributed by atoms with Crippen molar-refractivity contribution in [3.8, 4) is 0 Å². The van der Waals surface area contributed by atoms with E-state index in [9.17, 15) is 4.79 Å². The third kappa shape index (κ3) is 4.25. The molecule has 0 bridgehead atoms. The van der Waals surface area contributed by atoms with Crippen molar-refractivity contribution < 1.29 is 4.79 Å². The van der Waals surface area contributed by atoms with Gasteiger partial charge in [0.1, 0.15) is 0 Å². The topological polar surface area (TPSA) is 20.3 Å². The van der Waals surface area contributed by atoms with Crippen LogP contribution in [0.15, 0.2) is 0 Å². The maximum atomic E-state index is 10.7. The molecule has 0 radical (unpaired) electrons. The molecule has 0 N–H and O–H groups in total. The minimum atomic E-state index is -0.340. The molecule has 66 valence electrons. The highest BCUT2D eigenvalue weighted by atomic mass is 35.5. The van der Waals surface area contributed by atoms with Crippen molar-refractivity contribution in [2.24, 2.45) is 5.92 Å². The third-order valence-electron chi connectivity index (χ3n) is 1.86. The molecule has 0 aliphatic heterocycles. The van der Waals surface area contributed by atoms with Crippen LogP contribution in [-0.4, -0.2) is 23.4 Å². The minimum absolute atomic E-state index is 0.340. The van der Waals surface area contributed by atoms with Crippen LogP contribution in [0.4, 0.5) is 4.79 Å². The van der Waals surface area contributed by atoms with Crippen molar-refractivity contribution in [3.05, 3.63) is 0 Å². The summed E-state index contributed by atoms with van der Waals surface area (Å²) < 4.78 is 0. The van der Waals surface area contributed by atoms with Gasteiger partial charge in [0.2, 0.25) is 0 Å². The Bertz CT molecular complexity index is 127. The lowest BCUT2D eigenvalue weighted by atomic mass is 10.1. The average Bonchev–Trinajstić information content (AvgIpc) is 1.99. The molecule has 0 spiro atoms. The van der Waals surface area contributed by atoms with E-state index in [1.807, 2.05) is 6.92 Å². The summed E-state index contributed by atoms with van der Waals surface area (Å²) in [6, 6.07) is 0. The van der Waals surface area contributed by atoms with E-state index in [0.717, 1.165) is 13.0 Å². The smallest absolute Gasteiger partial charge is 0.316 e. The van der Waals surface area contributed by atoms with Gasteiger partial charge in [-0.3, -0.25) is 4.79 Å². The summed E-state index contributed by atoms with van der Waals surface area (Å²) in [7, 11) is 0. The summed E-state index contributed by atoms with van der Waals surface area (Å²) in [5.74, 6) is 0.539. The Kier molecular flexibility index (Phi) is 5.30. The lowest BCUT2D eigenvalue weighted by Gasteiger charge is -2.20. The number of hydrogen-bond acceptors (Lipinski definition) is 1. The molecule has 0 aliphatic carbocycles. The summed E-state index contributed by atoms with van der Waals surface area (Å²) in [5, 5.41) is -0.340. The molecule has 2 nitrogen and oxygen atoms in total. The second-order valence-corrected chi connectivity index (χ2v) is 3.13. The van der Waals surface area contributed by atoms with Gasteiger partial charge >= 0.3 is 5.37 Å². The van der Waals surface area contributed by atoms with Gasteiger partial charge in [-0.05, 0) is 24.4 Å². The van der Waals surface area contributed by atoms with Crippen LogP contribution in [0.3, 0.4) is 0 Å². The fourth-order valence-corrected chi connectivity index (χ4v) is 1.02. The second-order valence-electron chi connectivity index (χ2n) is 2.81. The zero-order valence-corrected chi connectivity index (χ0v) is 8.19. The number of carbonyl (C=O) groups is 1. The van der Waals surface area contributed by atoms with Crippen LogP contribution in [0, 0.1) is 5.92 Å². The monoisotopic (exact) mass is 177 g/mol. The Morgan fingerprint density at radius 3 is 2.36 bits per heavy atom. The highest BCUT2D eigenvalue weighted by Crippen LogP contribution is 2.05. The van der Waals surface area contributed by atoms with E-state index in [4.69, 9.17) is 11.6 Å². The fraction of sp³-hybridized carbons (Fsp3) is 0.875. The van der Waals surface area contributed by atoms with Crippen molar-refractivity contribution in [3.63, 3.8) is 0 Å². The summed E-state index contributed by atoms with van der Waals surface area (Å²) in [6.45, 7) is 7.63. The fourth-order valence-electron chi connectivity index (χ4n) is 0.831. The number of carbonyl (C=O) groups excluding carboxylic acids is 1. The first-order valence-corrected chi connectivity index (χ1v) is 4.44. The molecule has 1 amide bonds. The van der Waals surface area contributed by atoms with Crippen LogP contribution in [0.5, 0.6) is 0 Å². The number of amides is 1. The molecular weight excluding hydrogens is 162 g/mol. The lowest BCUT2D eigenvalue weighted by Crippen LogP contribution is -2.30. The quantitative estimate of drug-likeness (QED) is 0.478. The maximum absolute atomic E-state index is 10.7. The summed E-state index contributed by atoms with van der Waals surface area (Å²) in [5.41, 5.74) is 0. The van der Waals surface area contributed by atoms with E-state index in [2.05, 4.69) is 13.8 Å². The second kappa shape index (κ2) is 5.42. The molecule has 0 saturated carbocycles. The highest BCUT2D eigenvalue weighted by Gasteiger charge is 2.10. The van der Waals surface area contributed by atoms with Crippen molar-refractivity contribution in [2.75, 3.05) is 13.1 Å². The number of hydrogen-bond donors (Lipinski definition) is 0. The van der Waals surface area contributed by atoms with Crippen LogP contribution in [0.25, 0.3) is 0 Å². The minimum Gasteiger partial charge on any atom is -0.329 e. The molecule has 0 saturated heterocycles. The first-order valence-electron chi connectivity index (χ1n) is 4.06. The Balaban J connectivity index is 3.77. The van der Waals surface area contributed by atoms with Crippen LogP contribution in [0.2, 0.25) is 0 Å². The van der Waals surface area contributed by atoms with Crippen molar-refractivity contribution in [1.82, 2.24) is 4.90 Å². The molecule has 0 aliphatic rings. The van der Waals surface area contributed by atoms with Gasteiger partial charge in [-0.15, -0.1) is 0 Å². The number of nitrogens with zero attached hydrogens (tertiary/aromatic N) is 1. The number of halogens is 1. The molecule has 0 rings (SSSR count). The van der Waals surface area contributed by atoms with Crippen molar-refractivity contribution in [1.29, 1.82) is 0 Å². The summed E-state index contributed by atoms with van der Waals surface area (Å²) in [6.07, 6.45) is 1.08. The van der Waals surface area contributed by atoms with Crippen LogP contribution >= 0.6 is 11.6 Å². The van der Waals surface area contributed by atoms with Crippen molar-refractivity contribution >= 4 is 17.0 Å². The Labute approximate surface area is 73.5 Å². The largest absolute Gasteiger partial charge is 0.329 e. The molecule has 0 aromatic carbocycles. The molecular formula is C8H16ClNO. The molecule has 0 aromatic rings. The van der Waals surface area contributed by atoms with Crippen LogP contribution < -0.4 is 0 Å². The first kappa shape index (κ1) is 10.8. The van der Waals surface area contributed by atoms with E-state index in [0.29, 0.717) is 12.5 Å². The first-order chi connectivity index (χ1) is 5.11. The molecule has 0 aromatic heterocycles. The Hall–Kier alpha value is -0.240. The Morgan fingerprint density at radius 1 is 1.55 bits per heavy atom. The van der Waals surface area contributed by atoms with Gasteiger partial charge in [0.05, 0.1) is 0 Å². The average molecular weight is 178 g/mol. The molecule has 1 unspecified atom stereocenters. The van der Waals surface area contributed by atoms with Gasteiger partial charge < -0.3 is 4.90 Å². The standard InChI is InChI=1S/C8H16ClNO/c1-4-7(3)6-10(5-2)8(9)11/h7H,4-6H2,1-3H3. The molecule has 3 heteroatoms. The zero-order valence-electron chi connectivity index (χ0n) is 7.43. The van der Waals surface area contributed by atoms with E-state index in [-0.39, 0.29) is 5.37 Å². The van der Waals surface area contributed by atoms with Gasteiger partial charge in [0.15, 0.2) is 0 Å². The predicted octanol–water partition coefficient (Wildman–Crippen LogP) is 2.71. The molecule has 1 atom stereocenters. The van der Waals surface area contributed by atoms with Crippen molar-refractivity contribution in [2.45, 2.75) is 27.2 Å². The van der Waals surface area contributed by atoms with Gasteiger partial charge in [-0.2, -0.15) is 0 Å². The van der Waals surface area contributed by atoms with Gasteiger partial charge in [0, 0.05) is 13.1 Å². The van der Waals surface area contributed by atoms with E-state index < -0.39 is 0 Å². The number of rotatable bonds is 4. The summed E-state index contributed by atoms with van der Waals surface area (Å²) >= 11 is 5.33. The predicted molar refractivity (Wildman–Crippen MR) is 48.0 cm³/mol. The van der Waals surface area contributed by atoms with Gasteiger partial charge in [-0.1, -0.05) is 20.3 Å². The maximum Gasteiger partial charge on any atom is 0.316 e. The lowest BCUT2D eigenvalue weighted by molar-refractivity contribution is 0.215. The van der Waals surface area contributed by atoms with Crippen LogP contribution in [0.1, 0.15) is 27.2 Å². The van der Waals surface area contributed by atoms with E-state index >= 15 is 0 Å². The third-order valence-corrected chi connectivity index (χ3v) is 2.10. The SMILES string of the molecule is CCC(C)CN(CC)C(=O)Cl. The van der Waals surface area contributed by atoms with Crippen LogP contribution in [-0.2, 0) is 0 Å². The van der Waals surface area contributed by atoms with E-state index in [1.165, 1.54) is 0 Å². The molecule has 0 fully saturated rings. The van der Waals surface area contributed by atoms with Gasteiger partial charge in [-0.25, -0.2) is 0 Å². The van der Waals surface area contributed by atoms with Gasteiger partial charge in [0.25, 0.3) is 0 Å². The normalized spacial score (nSPS) is 12.7. The highest BCUT2D eigenvalue weighted by molar-refractivity contribution is 6.62. The van der Waals surface area contributed by atoms with E-state index in [1.54, 1.807) is 4.90 Å².